The SMILES string of the molecule is COc1cc2cc(c1Cl)N(C)C(=O)C[C@H](OC(=O)[C@H](C)N(C)C(=O)CCSC(C)(C)C)[C@]1(C)O[C@H]1[C@H](C)C1CC(O)(NC(=O)O1)C(OC)/C=C/C=C(\C)C2. The summed E-state index contributed by atoms with van der Waals surface area (Å²) in [4.78, 5) is 56.6. The first-order valence-electron chi connectivity index (χ1n) is 18.1. The molecule has 8 atom stereocenters. The Morgan fingerprint density at radius 1 is 1.24 bits per heavy atom. The second kappa shape index (κ2) is 17.2. The van der Waals surface area contributed by atoms with E-state index in [0.29, 0.717) is 23.6 Å². The standard InChI is InChI=1S/C39H56ClN3O10S/c1-22-13-12-14-29(50-11)39(48)21-28(51-36(47)41-39)23(2)34-38(7,53-34)30(52-35(46)24(3)42(8)31(44)15-16-54-37(4,5)6)20-32(45)43(9)26-18-25(17-22)19-27(49-10)33(26)40/h12-14,18-19,23-24,28-30,34,48H,15-17,20-21H2,1-11H3,(H,41,47)/b14-12+,22-13+/t23-,24+,28?,29?,30+,34+,38+,39?/m1/s1. The van der Waals surface area contributed by atoms with Crippen molar-refractivity contribution in [1.29, 1.82) is 0 Å². The van der Waals surface area contributed by atoms with Gasteiger partial charge in [0.15, 0.2) is 5.72 Å². The van der Waals surface area contributed by atoms with Crippen LogP contribution < -0.4 is 15.0 Å². The van der Waals surface area contributed by atoms with Crippen LogP contribution in [0.5, 0.6) is 5.75 Å². The van der Waals surface area contributed by atoms with Crippen LogP contribution in [0.15, 0.2) is 35.9 Å². The van der Waals surface area contributed by atoms with Crippen molar-refractivity contribution in [3.63, 3.8) is 0 Å². The number of nitrogens with one attached hydrogen (secondary N) is 1. The van der Waals surface area contributed by atoms with Crippen LogP contribution in [0.1, 0.15) is 73.3 Å². The topological polar surface area (TPSA) is 156 Å². The number of amides is 3. The number of hydrogen-bond acceptors (Lipinski definition) is 11. The minimum Gasteiger partial charge on any atom is -0.495 e. The summed E-state index contributed by atoms with van der Waals surface area (Å²) < 4.78 is 29.3. The molecule has 13 nitrogen and oxygen atoms in total. The number of ether oxygens (including phenoxy) is 5. The van der Waals surface area contributed by atoms with E-state index in [2.05, 4.69) is 26.1 Å². The van der Waals surface area contributed by atoms with Crippen molar-refractivity contribution in [2.24, 2.45) is 5.92 Å². The maximum absolute atomic E-state index is 14.2. The van der Waals surface area contributed by atoms with Crippen molar-refractivity contribution in [3.8, 4) is 5.75 Å². The Morgan fingerprint density at radius 2 is 1.93 bits per heavy atom. The summed E-state index contributed by atoms with van der Waals surface area (Å²) in [7, 11) is 6.06. The molecule has 2 N–H and O–H groups in total. The minimum atomic E-state index is -1.82. The summed E-state index contributed by atoms with van der Waals surface area (Å²) in [5.41, 5.74) is -0.893. The molecule has 2 saturated heterocycles. The molecule has 0 aliphatic carbocycles. The first-order valence-corrected chi connectivity index (χ1v) is 19.5. The number of benzene rings is 1. The third-order valence-electron chi connectivity index (χ3n) is 10.4. The van der Waals surface area contributed by atoms with Gasteiger partial charge in [0.1, 0.15) is 40.7 Å². The van der Waals surface area contributed by atoms with E-state index in [1.807, 2.05) is 13.0 Å². The Kier molecular flexibility index (Phi) is 13.9. The summed E-state index contributed by atoms with van der Waals surface area (Å²) in [6.07, 6.45) is 1.23. The Hall–Kier alpha value is -3.30. The second-order valence-electron chi connectivity index (χ2n) is 15.6. The summed E-state index contributed by atoms with van der Waals surface area (Å²) in [5, 5.41) is 14.5. The highest BCUT2D eigenvalue weighted by molar-refractivity contribution is 8.00. The van der Waals surface area contributed by atoms with E-state index >= 15 is 0 Å². The number of alkyl carbamates (subject to hydrolysis) is 1. The number of esters is 1. The van der Waals surface area contributed by atoms with Crippen LogP contribution in [0.4, 0.5) is 10.5 Å². The fraction of sp³-hybridized carbons (Fsp3) is 0.641. The molecule has 3 aliphatic rings. The van der Waals surface area contributed by atoms with Crippen molar-refractivity contribution in [2.45, 2.75) is 121 Å². The van der Waals surface area contributed by atoms with Gasteiger partial charge >= 0.3 is 12.1 Å². The van der Waals surface area contributed by atoms with E-state index in [-0.39, 0.29) is 34.9 Å². The molecule has 0 radical (unpaired) electrons. The Labute approximate surface area is 328 Å². The fourth-order valence-corrected chi connectivity index (χ4v) is 8.04. The molecule has 0 aromatic heterocycles. The monoisotopic (exact) mass is 793 g/mol. The lowest BCUT2D eigenvalue weighted by Gasteiger charge is -2.42. The number of methoxy groups -OCH3 is 2. The molecule has 3 aliphatic heterocycles. The summed E-state index contributed by atoms with van der Waals surface area (Å²) in [5.74, 6) is -0.911. The number of fused-ring (bicyclic) bond motifs is 5. The van der Waals surface area contributed by atoms with Crippen LogP contribution in [0.3, 0.4) is 0 Å². The molecule has 1 aromatic rings. The van der Waals surface area contributed by atoms with Gasteiger partial charge < -0.3 is 38.6 Å². The minimum absolute atomic E-state index is 0.0150. The molecule has 2 fully saturated rings. The van der Waals surface area contributed by atoms with Crippen LogP contribution in [0.25, 0.3) is 0 Å². The molecule has 0 saturated carbocycles. The predicted octanol–water partition coefficient (Wildman–Crippen LogP) is 5.44. The van der Waals surface area contributed by atoms with Gasteiger partial charge in [-0.3, -0.25) is 14.9 Å². The maximum atomic E-state index is 14.2. The van der Waals surface area contributed by atoms with Crippen LogP contribution in [-0.4, -0.2) is 114 Å². The Morgan fingerprint density at radius 3 is 2.56 bits per heavy atom. The third kappa shape index (κ3) is 10.1. The average Bonchev–Trinajstić information content (AvgIpc) is 3.79. The second-order valence-corrected chi connectivity index (χ2v) is 17.9. The zero-order valence-electron chi connectivity index (χ0n) is 33.2. The smallest absolute Gasteiger partial charge is 0.409 e. The molecule has 0 spiro atoms. The van der Waals surface area contributed by atoms with E-state index in [1.54, 1.807) is 70.9 Å². The van der Waals surface area contributed by atoms with Crippen molar-refractivity contribution in [1.82, 2.24) is 10.2 Å². The number of rotatable bonds is 8. The Balaban J connectivity index is 1.72. The molecule has 4 rings (SSSR count). The van der Waals surface area contributed by atoms with E-state index < -0.39 is 65.7 Å². The lowest BCUT2D eigenvalue weighted by atomic mass is 9.83. The average molecular weight is 794 g/mol. The number of hydrogen-bond donors (Lipinski definition) is 2. The molecule has 15 heteroatoms. The highest BCUT2D eigenvalue weighted by Gasteiger charge is 2.64. The van der Waals surface area contributed by atoms with Gasteiger partial charge in [-0.15, -0.1) is 0 Å². The van der Waals surface area contributed by atoms with Crippen molar-refractivity contribution < 1.29 is 48.0 Å². The number of carbonyl (C=O) groups excluding carboxylic acids is 4. The number of halogens is 1. The van der Waals surface area contributed by atoms with Gasteiger partial charge in [0, 0.05) is 50.5 Å². The maximum Gasteiger partial charge on any atom is 0.409 e. The summed E-state index contributed by atoms with van der Waals surface area (Å²) in [6.45, 7) is 13.2. The van der Waals surface area contributed by atoms with Crippen molar-refractivity contribution in [2.75, 3.05) is 39.0 Å². The number of aliphatic hydroxyl groups is 1. The van der Waals surface area contributed by atoms with E-state index in [4.69, 9.17) is 35.3 Å². The lowest BCUT2D eigenvalue weighted by molar-refractivity contribution is -0.162. The molecular formula is C39H56ClN3O10S. The number of anilines is 1. The fourth-order valence-electron chi connectivity index (χ4n) is 6.84. The largest absolute Gasteiger partial charge is 0.495 e. The van der Waals surface area contributed by atoms with Crippen LogP contribution >= 0.6 is 23.4 Å². The first kappa shape index (κ1) is 43.4. The molecule has 300 valence electrons. The van der Waals surface area contributed by atoms with Crippen LogP contribution in [0.2, 0.25) is 5.02 Å². The van der Waals surface area contributed by atoms with Gasteiger partial charge in [0.25, 0.3) is 0 Å². The highest BCUT2D eigenvalue weighted by atomic mass is 35.5. The highest BCUT2D eigenvalue weighted by Crippen LogP contribution is 2.49. The first-order chi connectivity index (χ1) is 25.1. The normalized spacial score (nSPS) is 31.2. The van der Waals surface area contributed by atoms with Gasteiger partial charge in [-0.2, -0.15) is 11.8 Å². The number of epoxide rings is 1. The third-order valence-corrected chi connectivity index (χ3v) is 12.0. The zero-order valence-corrected chi connectivity index (χ0v) is 34.8. The molecule has 3 amide bonds. The van der Waals surface area contributed by atoms with Gasteiger partial charge in [0.05, 0.1) is 25.3 Å². The molecule has 1 aromatic carbocycles. The number of allylic oxidation sites excluding steroid dienone is 3. The number of thioether (sulfide) groups is 1. The molecule has 54 heavy (non-hydrogen) atoms. The number of nitrogens with zero attached hydrogens (tertiary/aromatic N) is 2. The van der Waals surface area contributed by atoms with Gasteiger partial charge in [-0.1, -0.05) is 63.1 Å². The van der Waals surface area contributed by atoms with Crippen LogP contribution in [-0.2, 0) is 39.8 Å². The summed E-state index contributed by atoms with van der Waals surface area (Å²) in [6, 6.07) is 2.63. The number of likely N-dealkylation sites (N-methyl/N-ethyl adjacent to an activating group) is 1. The van der Waals surface area contributed by atoms with Gasteiger partial charge in [0.2, 0.25) is 11.8 Å². The van der Waals surface area contributed by atoms with E-state index in [0.717, 1.165) is 11.1 Å². The Bertz CT molecular complexity index is 1650. The van der Waals surface area contributed by atoms with Gasteiger partial charge in [-0.25, -0.2) is 9.59 Å². The quantitative estimate of drug-likeness (QED) is 0.256. The van der Waals surface area contributed by atoms with Crippen LogP contribution in [0, 0.1) is 5.92 Å². The zero-order chi connectivity index (χ0) is 40.3. The molecule has 3 unspecified atom stereocenters. The molecular weight excluding hydrogens is 738 g/mol. The lowest BCUT2D eigenvalue weighted by Crippen LogP contribution is -2.63. The number of carbonyl (C=O) groups is 4. The molecule has 3 heterocycles. The van der Waals surface area contributed by atoms with E-state index in [1.165, 1.54) is 24.0 Å². The van der Waals surface area contributed by atoms with E-state index in [9.17, 15) is 24.3 Å². The summed E-state index contributed by atoms with van der Waals surface area (Å²) >= 11 is 8.42. The predicted molar refractivity (Wildman–Crippen MR) is 208 cm³/mol. The molecule has 4 bridgehead atoms. The van der Waals surface area contributed by atoms with Gasteiger partial charge in [-0.05, 0) is 44.9 Å². The van der Waals surface area contributed by atoms with Crippen molar-refractivity contribution in [3.05, 3.63) is 46.5 Å². The van der Waals surface area contributed by atoms with Crippen molar-refractivity contribution >= 4 is 52.9 Å².